The summed E-state index contributed by atoms with van der Waals surface area (Å²) in [5, 5.41) is 3.70. The molecule has 0 aromatic rings. The van der Waals surface area contributed by atoms with E-state index < -0.39 is 0 Å². The lowest BCUT2D eigenvalue weighted by molar-refractivity contribution is 0.104. The van der Waals surface area contributed by atoms with Crippen LogP contribution in [0, 0.1) is 5.92 Å². The Labute approximate surface area is 95.4 Å². The summed E-state index contributed by atoms with van der Waals surface area (Å²) in [7, 11) is 4.39. The molecule has 15 heavy (non-hydrogen) atoms. The Hall–Kier alpha value is -0.0800. The van der Waals surface area contributed by atoms with E-state index in [-0.39, 0.29) is 5.54 Å². The van der Waals surface area contributed by atoms with E-state index in [1.54, 1.807) is 0 Å². The lowest BCUT2D eigenvalue weighted by Crippen LogP contribution is -2.58. The Balaban J connectivity index is 2.71. The Morgan fingerprint density at radius 3 is 2.20 bits per heavy atom. The lowest BCUT2D eigenvalue weighted by atomic mass is 9.82. The number of rotatable bonds is 5. The summed E-state index contributed by atoms with van der Waals surface area (Å²) in [5.74, 6) is 0.877. The summed E-state index contributed by atoms with van der Waals surface area (Å²) in [4.78, 5) is 2.36. The molecule has 1 aliphatic rings. The highest BCUT2D eigenvalue weighted by atomic mass is 15.2. The smallest absolute Gasteiger partial charge is 0.0302 e. The van der Waals surface area contributed by atoms with Crippen molar-refractivity contribution in [1.29, 1.82) is 0 Å². The molecular formula is C13H28N2. The highest BCUT2D eigenvalue weighted by molar-refractivity contribution is 4.96. The monoisotopic (exact) mass is 212 g/mol. The van der Waals surface area contributed by atoms with Gasteiger partial charge >= 0.3 is 0 Å². The van der Waals surface area contributed by atoms with Gasteiger partial charge in [0.1, 0.15) is 0 Å². The topological polar surface area (TPSA) is 15.3 Å². The van der Waals surface area contributed by atoms with Crippen LogP contribution in [-0.4, -0.2) is 37.1 Å². The first-order chi connectivity index (χ1) is 7.00. The molecule has 0 saturated heterocycles. The van der Waals surface area contributed by atoms with Crippen LogP contribution in [0.4, 0.5) is 0 Å². The Bertz CT molecular complexity index is 181. The normalized spacial score (nSPS) is 21.2. The van der Waals surface area contributed by atoms with Gasteiger partial charge in [-0.05, 0) is 53.2 Å². The second-order valence-electron chi connectivity index (χ2n) is 5.63. The van der Waals surface area contributed by atoms with Crippen molar-refractivity contribution in [2.75, 3.05) is 20.6 Å². The standard InChI is InChI=1S/C13H28N2/c1-6-14-12(11-9-7-8-10-11)13(2,3)15(4)5/h11-12,14H,6-10H2,1-5H3. The third-order valence-corrected chi connectivity index (χ3v) is 4.21. The Morgan fingerprint density at radius 1 is 1.27 bits per heavy atom. The quantitative estimate of drug-likeness (QED) is 0.753. The number of hydrogen-bond acceptors (Lipinski definition) is 2. The van der Waals surface area contributed by atoms with Gasteiger partial charge in [0, 0.05) is 11.6 Å². The minimum Gasteiger partial charge on any atom is -0.312 e. The fourth-order valence-corrected chi connectivity index (χ4v) is 2.78. The van der Waals surface area contributed by atoms with Crippen LogP contribution in [0.2, 0.25) is 0 Å². The Kier molecular flexibility index (Phi) is 4.60. The molecule has 0 heterocycles. The zero-order chi connectivity index (χ0) is 11.5. The fourth-order valence-electron chi connectivity index (χ4n) is 2.78. The zero-order valence-corrected chi connectivity index (χ0v) is 11.1. The zero-order valence-electron chi connectivity index (χ0n) is 11.1. The van der Waals surface area contributed by atoms with E-state index in [4.69, 9.17) is 0 Å². The fraction of sp³-hybridized carbons (Fsp3) is 1.00. The molecule has 1 atom stereocenters. The molecule has 0 aliphatic heterocycles. The molecule has 2 nitrogen and oxygen atoms in total. The first-order valence-corrected chi connectivity index (χ1v) is 6.41. The molecular weight excluding hydrogens is 184 g/mol. The van der Waals surface area contributed by atoms with Crippen LogP contribution in [0.3, 0.4) is 0 Å². The van der Waals surface area contributed by atoms with E-state index >= 15 is 0 Å². The van der Waals surface area contributed by atoms with Gasteiger partial charge in [-0.15, -0.1) is 0 Å². The summed E-state index contributed by atoms with van der Waals surface area (Å²) < 4.78 is 0. The molecule has 1 aliphatic carbocycles. The molecule has 0 spiro atoms. The third-order valence-electron chi connectivity index (χ3n) is 4.21. The average Bonchev–Trinajstić information content (AvgIpc) is 2.66. The van der Waals surface area contributed by atoms with Crippen molar-refractivity contribution in [2.24, 2.45) is 5.92 Å². The summed E-state index contributed by atoms with van der Waals surface area (Å²) in [6.45, 7) is 8.02. The summed E-state index contributed by atoms with van der Waals surface area (Å²) in [6.07, 6.45) is 5.68. The summed E-state index contributed by atoms with van der Waals surface area (Å²) >= 11 is 0. The molecule has 0 radical (unpaired) electrons. The maximum absolute atomic E-state index is 3.70. The predicted molar refractivity (Wildman–Crippen MR) is 67.2 cm³/mol. The van der Waals surface area contributed by atoms with E-state index in [1.165, 1.54) is 25.7 Å². The molecule has 90 valence electrons. The first kappa shape index (κ1) is 13.0. The van der Waals surface area contributed by atoms with Gasteiger partial charge in [0.05, 0.1) is 0 Å². The molecule has 0 aromatic heterocycles. The third kappa shape index (κ3) is 2.94. The van der Waals surface area contributed by atoms with Gasteiger partial charge in [-0.25, -0.2) is 0 Å². The number of likely N-dealkylation sites (N-methyl/N-ethyl adjacent to an activating group) is 2. The summed E-state index contributed by atoms with van der Waals surface area (Å²) in [5.41, 5.74) is 0.255. The molecule has 0 amide bonds. The molecule has 1 N–H and O–H groups in total. The van der Waals surface area contributed by atoms with E-state index in [0.717, 1.165) is 12.5 Å². The highest BCUT2D eigenvalue weighted by Crippen LogP contribution is 2.33. The molecule has 1 saturated carbocycles. The maximum atomic E-state index is 3.70. The minimum atomic E-state index is 0.255. The number of hydrogen-bond donors (Lipinski definition) is 1. The SMILES string of the molecule is CCNC(C1CCCC1)C(C)(C)N(C)C. The van der Waals surface area contributed by atoms with Crippen molar-refractivity contribution < 1.29 is 0 Å². The van der Waals surface area contributed by atoms with E-state index in [2.05, 4.69) is 45.1 Å². The van der Waals surface area contributed by atoms with Gasteiger partial charge < -0.3 is 10.2 Å². The van der Waals surface area contributed by atoms with Crippen molar-refractivity contribution >= 4 is 0 Å². The predicted octanol–water partition coefficient (Wildman–Crippen LogP) is 2.49. The maximum Gasteiger partial charge on any atom is 0.0302 e. The van der Waals surface area contributed by atoms with Crippen molar-refractivity contribution in [3.8, 4) is 0 Å². The largest absolute Gasteiger partial charge is 0.312 e. The minimum absolute atomic E-state index is 0.255. The van der Waals surface area contributed by atoms with Crippen LogP contribution in [-0.2, 0) is 0 Å². The van der Waals surface area contributed by atoms with Gasteiger partial charge in [-0.3, -0.25) is 0 Å². The van der Waals surface area contributed by atoms with Crippen LogP contribution < -0.4 is 5.32 Å². The molecule has 1 unspecified atom stereocenters. The van der Waals surface area contributed by atoms with Crippen molar-refractivity contribution in [1.82, 2.24) is 10.2 Å². The van der Waals surface area contributed by atoms with Gasteiger partial charge in [-0.1, -0.05) is 19.8 Å². The van der Waals surface area contributed by atoms with Crippen molar-refractivity contribution in [3.05, 3.63) is 0 Å². The second-order valence-corrected chi connectivity index (χ2v) is 5.63. The van der Waals surface area contributed by atoms with Gasteiger partial charge in [0.15, 0.2) is 0 Å². The molecule has 0 bridgehead atoms. The van der Waals surface area contributed by atoms with Crippen LogP contribution in [0.5, 0.6) is 0 Å². The van der Waals surface area contributed by atoms with E-state index in [9.17, 15) is 0 Å². The summed E-state index contributed by atoms with van der Waals surface area (Å²) in [6, 6.07) is 0.639. The Morgan fingerprint density at radius 2 is 1.80 bits per heavy atom. The average molecular weight is 212 g/mol. The number of nitrogens with one attached hydrogen (secondary N) is 1. The molecule has 2 heteroatoms. The van der Waals surface area contributed by atoms with Crippen LogP contribution >= 0.6 is 0 Å². The van der Waals surface area contributed by atoms with E-state index in [0.29, 0.717) is 6.04 Å². The van der Waals surface area contributed by atoms with E-state index in [1.807, 2.05) is 0 Å². The lowest BCUT2D eigenvalue weighted by Gasteiger charge is -2.43. The van der Waals surface area contributed by atoms with Gasteiger partial charge in [-0.2, -0.15) is 0 Å². The van der Waals surface area contributed by atoms with Gasteiger partial charge in [0.2, 0.25) is 0 Å². The number of nitrogens with zero attached hydrogens (tertiary/aromatic N) is 1. The second kappa shape index (κ2) is 5.31. The molecule has 1 rings (SSSR count). The van der Waals surface area contributed by atoms with Crippen LogP contribution in [0.15, 0.2) is 0 Å². The van der Waals surface area contributed by atoms with Crippen molar-refractivity contribution in [2.45, 2.75) is 58.0 Å². The van der Waals surface area contributed by atoms with Crippen LogP contribution in [0.25, 0.3) is 0 Å². The highest BCUT2D eigenvalue weighted by Gasteiger charge is 2.37. The van der Waals surface area contributed by atoms with Crippen LogP contribution in [0.1, 0.15) is 46.5 Å². The first-order valence-electron chi connectivity index (χ1n) is 6.41. The molecule has 1 fully saturated rings. The molecule has 0 aromatic carbocycles. The van der Waals surface area contributed by atoms with Gasteiger partial charge in [0.25, 0.3) is 0 Å². The van der Waals surface area contributed by atoms with Crippen molar-refractivity contribution in [3.63, 3.8) is 0 Å².